The molecule has 3 aromatic rings. The lowest BCUT2D eigenvalue weighted by Gasteiger charge is -2.33. The molecule has 2 aliphatic heterocycles. The van der Waals surface area contributed by atoms with Crippen LogP contribution in [0.25, 0.3) is 0 Å². The van der Waals surface area contributed by atoms with Gasteiger partial charge in [0.15, 0.2) is 6.29 Å². The minimum atomic E-state index is -3.85. The van der Waals surface area contributed by atoms with Gasteiger partial charge in [-0.2, -0.15) is 9.82 Å². The molecule has 1 fully saturated rings. The molecule has 5 rings (SSSR count). The molecule has 2 heterocycles. The van der Waals surface area contributed by atoms with Crippen LogP contribution in [-0.4, -0.2) is 51.1 Å². The van der Waals surface area contributed by atoms with Crippen molar-refractivity contribution < 1.29 is 8.42 Å². The van der Waals surface area contributed by atoms with Crippen molar-refractivity contribution in [3.8, 4) is 0 Å². The third kappa shape index (κ3) is 6.34. The number of piperidine rings is 1. The van der Waals surface area contributed by atoms with Gasteiger partial charge in [0, 0.05) is 22.0 Å². The topological polar surface area (TPSA) is 85.8 Å². The van der Waals surface area contributed by atoms with E-state index >= 15 is 0 Å². The first-order chi connectivity index (χ1) is 17.9. The van der Waals surface area contributed by atoms with E-state index < -0.39 is 16.3 Å². The van der Waals surface area contributed by atoms with Crippen LogP contribution >= 0.6 is 23.2 Å². The standard InChI is InChI=1S/C27H29Cl2N5O2S/c28-21-8-6-20(7-9-21)26-25(19-4-2-1-3-5-19)18-34(32-26)27(31-23-14-16-30-17-15-23)33-37(35,36)24-12-10-22(29)11-13-24/h1-13,23,25,27,30-31,33H,14-18H2. The fourth-order valence-corrected chi connectivity index (χ4v) is 6.10. The van der Waals surface area contributed by atoms with Crippen LogP contribution in [0.5, 0.6) is 0 Å². The van der Waals surface area contributed by atoms with Gasteiger partial charge in [-0.1, -0.05) is 65.7 Å². The molecule has 0 radical (unpaired) electrons. The Morgan fingerprint density at radius 1 is 0.892 bits per heavy atom. The first kappa shape index (κ1) is 26.2. The Kier molecular flexibility index (Phi) is 8.14. The van der Waals surface area contributed by atoms with Crippen LogP contribution in [0.3, 0.4) is 0 Å². The third-order valence-corrected chi connectivity index (χ3v) is 8.63. The number of rotatable bonds is 8. The Morgan fingerprint density at radius 3 is 2.16 bits per heavy atom. The molecule has 0 spiro atoms. The zero-order chi connectivity index (χ0) is 25.8. The van der Waals surface area contributed by atoms with Crippen LogP contribution in [0.4, 0.5) is 0 Å². The van der Waals surface area contributed by atoms with E-state index in [4.69, 9.17) is 28.3 Å². The fourth-order valence-electron chi connectivity index (χ4n) is 4.74. The molecule has 0 bridgehead atoms. The smallest absolute Gasteiger partial charge is 0.243 e. The summed E-state index contributed by atoms with van der Waals surface area (Å²) in [5, 5.41) is 14.8. The highest BCUT2D eigenvalue weighted by atomic mass is 35.5. The van der Waals surface area contributed by atoms with E-state index in [0.29, 0.717) is 16.6 Å². The maximum absolute atomic E-state index is 13.4. The summed E-state index contributed by atoms with van der Waals surface area (Å²) >= 11 is 12.1. The van der Waals surface area contributed by atoms with Crippen LogP contribution in [0.1, 0.15) is 29.9 Å². The lowest BCUT2D eigenvalue weighted by Crippen LogP contribution is -2.58. The van der Waals surface area contributed by atoms with Crippen LogP contribution < -0.4 is 15.4 Å². The Labute approximate surface area is 227 Å². The summed E-state index contributed by atoms with van der Waals surface area (Å²) in [6, 6.07) is 24.0. The SMILES string of the molecule is O=S(=O)(NC(NC1CCNCC1)N1CC(c2ccccc2)C(c2ccc(Cl)cc2)=N1)c1ccc(Cl)cc1. The van der Waals surface area contributed by atoms with Crippen molar-refractivity contribution in [1.82, 2.24) is 20.4 Å². The molecule has 2 unspecified atom stereocenters. The summed E-state index contributed by atoms with van der Waals surface area (Å²) in [4.78, 5) is 0.148. The van der Waals surface area contributed by atoms with E-state index in [1.54, 1.807) is 12.1 Å². The monoisotopic (exact) mass is 557 g/mol. The predicted molar refractivity (Wildman–Crippen MR) is 148 cm³/mol. The normalized spacial score (nSPS) is 19.6. The minimum Gasteiger partial charge on any atom is -0.317 e. The third-order valence-electron chi connectivity index (χ3n) is 6.70. The molecule has 0 aliphatic carbocycles. The van der Waals surface area contributed by atoms with Gasteiger partial charge in [0.2, 0.25) is 10.0 Å². The number of hydrazone groups is 1. The van der Waals surface area contributed by atoms with Gasteiger partial charge >= 0.3 is 0 Å². The predicted octanol–water partition coefficient (Wildman–Crippen LogP) is 4.40. The molecule has 0 saturated carbocycles. The minimum absolute atomic E-state index is 0.0419. The van der Waals surface area contributed by atoms with Gasteiger partial charge in [-0.3, -0.25) is 10.3 Å². The average Bonchev–Trinajstić information content (AvgIpc) is 3.36. The number of halogens is 2. The highest BCUT2D eigenvalue weighted by Crippen LogP contribution is 2.30. The van der Waals surface area contributed by atoms with Crippen molar-refractivity contribution in [1.29, 1.82) is 0 Å². The lowest BCUT2D eigenvalue weighted by atomic mass is 9.91. The van der Waals surface area contributed by atoms with Crippen molar-refractivity contribution >= 4 is 38.9 Å². The summed E-state index contributed by atoms with van der Waals surface area (Å²) in [6.45, 7) is 2.26. The number of hydrogen-bond donors (Lipinski definition) is 3. The zero-order valence-corrected chi connectivity index (χ0v) is 22.5. The van der Waals surface area contributed by atoms with E-state index in [2.05, 4.69) is 27.5 Å². The van der Waals surface area contributed by atoms with Gasteiger partial charge in [0.1, 0.15) is 0 Å². The van der Waals surface area contributed by atoms with Crippen LogP contribution in [-0.2, 0) is 10.0 Å². The maximum Gasteiger partial charge on any atom is 0.243 e. The molecule has 10 heteroatoms. The molecule has 3 aromatic carbocycles. The average molecular weight is 559 g/mol. The molecule has 2 atom stereocenters. The summed E-state index contributed by atoms with van der Waals surface area (Å²) in [5.41, 5.74) is 2.92. The molecule has 0 aromatic heterocycles. The Bertz CT molecular complexity index is 1330. The van der Waals surface area contributed by atoms with E-state index in [-0.39, 0.29) is 16.9 Å². The highest BCUT2D eigenvalue weighted by molar-refractivity contribution is 7.89. The van der Waals surface area contributed by atoms with E-state index in [0.717, 1.165) is 42.8 Å². The van der Waals surface area contributed by atoms with E-state index in [1.807, 2.05) is 47.5 Å². The van der Waals surface area contributed by atoms with Crippen LogP contribution in [0, 0.1) is 0 Å². The van der Waals surface area contributed by atoms with Crippen LogP contribution in [0.2, 0.25) is 10.0 Å². The zero-order valence-electron chi connectivity index (χ0n) is 20.1. The van der Waals surface area contributed by atoms with Gasteiger partial charge in [0.25, 0.3) is 0 Å². The van der Waals surface area contributed by atoms with E-state index in [9.17, 15) is 8.42 Å². The van der Waals surface area contributed by atoms with Crippen LogP contribution in [0.15, 0.2) is 88.9 Å². The van der Waals surface area contributed by atoms with Gasteiger partial charge in [-0.05, 0) is 73.5 Å². The first-order valence-electron chi connectivity index (χ1n) is 12.3. The van der Waals surface area contributed by atoms with Crippen molar-refractivity contribution in [2.24, 2.45) is 5.10 Å². The number of sulfonamides is 1. The molecular formula is C27H29Cl2N5O2S. The fraction of sp³-hybridized carbons (Fsp3) is 0.296. The van der Waals surface area contributed by atoms with E-state index in [1.165, 1.54) is 12.1 Å². The molecule has 1 saturated heterocycles. The molecule has 37 heavy (non-hydrogen) atoms. The summed E-state index contributed by atoms with van der Waals surface area (Å²) in [6.07, 6.45) is 1.05. The Hall–Kier alpha value is -2.46. The largest absolute Gasteiger partial charge is 0.317 e. The van der Waals surface area contributed by atoms with Gasteiger partial charge in [-0.25, -0.2) is 8.42 Å². The van der Waals surface area contributed by atoms with Gasteiger partial charge in [0.05, 0.1) is 17.2 Å². The molecular weight excluding hydrogens is 529 g/mol. The lowest BCUT2D eigenvalue weighted by molar-refractivity contribution is 0.149. The number of hydrogen-bond acceptors (Lipinski definition) is 6. The van der Waals surface area contributed by atoms with Gasteiger partial charge in [-0.15, -0.1) is 0 Å². The molecule has 2 aliphatic rings. The second-order valence-corrected chi connectivity index (χ2v) is 11.8. The number of benzene rings is 3. The quantitative estimate of drug-likeness (QED) is 0.357. The summed E-state index contributed by atoms with van der Waals surface area (Å²) in [5.74, 6) is -0.0419. The molecule has 7 nitrogen and oxygen atoms in total. The van der Waals surface area contributed by atoms with Gasteiger partial charge < -0.3 is 5.32 Å². The number of nitrogens with one attached hydrogen (secondary N) is 3. The van der Waals surface area contributed by atoms with Crippen molar-refractivity contribution in [3.63, 3.8) is 0 Å². The highest BCUT2D eigenvalue weighted by Gasteiger charge is 2.35. The second kappa shape index (κ2) is 11.5. The van der Waals surface area contributed by atoms with Crippen molar-refractivity contribution in [3.05, 3.63) is 100 Å². The van der Waals surface area contributed by atoms with Crippen molar-refractivity contribution in [2.75, 3.05) is 19.6 Å². The first-order valence-corrected chi connectivity index (χ1v) is 14.5. The Balaban J connectivity index is 1.49. The Morgan fingerprint density at radius 2 is 1.51 bits per heavy atom. The maximum atomic E-state index is 13.4. The summed E-state index contributed by atoms with van der Waals surface area (Å²) in [7, 11) is -3.85. The summed E-state index contributed by atoms with van der Waals surface area (Å²) < 4.78 is 29.7. The molecule has 194 valence electrons. The van der Waals surface area contributed by atoms with Crippen molar-refractivity contribution in [2.45, 2.75) is 36.0 Å². The molecule has 3 N–H and O–H groups in total. The second-order valence-electron chi connectivity index (χ2n) is 9.25. The molecule has 0 amide bonds. The number of nitrogens with zero attached hydrogens (tertiary/aromatic N) is 2.